The number of fused-ring (bicyclic) bond motifs is 2. The van der Waals surface area contributed by atoms with Crippen LogP contribution < -0.4 is 19.7 Å². The normalized spacial score (nSPS) is 30.1. The van der Waals surface area contributed by atoms with E-state index in [2.05, 4.69) is 5.32 Å². The molecule has 2 amide bonds. The first-order chi connectivity index (χ1) is 14.5. The van der Waals surface area contributed by atoms with Gasteiger partial charge in [0.2, 0.25) is 18.6 Å². The third kappa shape index (κ3) is 2.49. The molecular formula is C22H17ClN2O5. The summed E-state index contributed by atoms with van der Waals surface area (Å²) in [4.78, 5) is 28.2. The van der Waals surface area contributed by atoms with Gasteiger partial charge in [-0.25, -0.2) is 0 Å². The van der Waals surface area contributed by atoms with E-state index in [1.807, 2.05) is 18.2 Å². The van der Waals surface area contributed by atoms with Gasteiger partial charge < -0.3 is 24.4 Å². The maximum Gasteiger partial charge on any atom is 0.234 e. The molecule has 0 saturated carbocycles. The van der Waals surface area contributed by atoms with Gasteiger partial charge in [-0.3, -0.25) is 9.59 Å². The number of nitrogens with zero attached hydrogens (tertiary/aromatic N) is 1. The molecule has 4 aliphatic heterocycles. The largest absolute Gasteiger partial charge is 0.454 e. The molecule has 0 aliphatic carbocycles. The summed E-state index contributed by atoms with van der Waals surface area (Å²) < 4.78 is 17.0. The van der Waals surface area contributed by atoms with Gasteiger partial charge in [-0.1, -0.05) is 29.8 Å². The lowest BCUT2D eigenvalue weighted by molar-refractivity contribution is -0.128. The molecule has 0 aromatic heterocycles. The first-order valence-corrected chi connectivity index (χ1v) is 10.1. The second kappa shape index (κ2) is 6.23. The molecule has 2 aromatic rings. The van der Waals surface area contributed by atoms with Gasteiger partial charge in [0.1, 0.15) is 5.60 Å². The van der Waals surface area contributed by atoms with E-state index in [1.54, 1.807) is 41.3 Å². The fourth-order valence-corrected chi connectivity index (χ4v) is 5.05. The Morgan fingerprint density at radius 3 is 2.90 bits per heavy atom. The minimum absolute atomic E-state index is 0.132. The average Bonchev–Trinajstić information content (AvgIpc) is 3.48. The third-order valence-electron chi connectivity index (χ3n) is 6.16. The lowest BCUT2D eigenvalue weighted by Gasteiger charge is -2.23. The van der Waals surface area contributed by atoms with Crippen LogP contribution >= 0.6 is 11.6 Å². The summed E-state index contributed by atoms with van der Waals surface area (Å²) in [5.74, 6) is -0.325. The number of halogens is 1. The van der Waals surface area contributed by atoms with Crippen LogP contribution in [0.1, 0.15) is 0 Å². The Labute approximate surface area is 177 Å². The van der Waals surface area contributed by atoms with Crippen molar-refractivity contribution in [3.63, 3.8) is 0 Å². The van der Waals surface area contributed by atoms with Crippen LogP contribution in [-0.2, 0) is 14.3 Å². The summed E-state index contributed by atoms with van der Waals surface area (Å²) >= 11 is 6.02. The Morgan fingerprint density at radius 2 is 2.03 bits per heavy atom. The Hall–Kier alpha value is -3.03. The van der Waals surface area contributed by atoms with Gasteiger partial charge in [-0.05, 0) is 30.3 Å². The highest BCUT2D eigenvalue weighted by atomic mass is 35.5. The number of ether oxygens (including phenoxy) is 3. The van der Waals surface area contributed by atoms with E-state index >= 15 is 0 Å². The van der Waals surface area contributed by atoms with Crippen molar-refractivity contribution in [2.75, 3.05) is 23.6 Å². The van der Waals surface area contributed by atoms with Gasteiger partial charge in [-0.15, -0.1) is 0 Å². The highest BCUT2D eigenvalue weighted by Crippen LogP contribution is 2.53. The molecule has 152 valence electrons. The second-order valence-corrected chi connectivity index (χ2v) is 8.30. The van der Waals surface area contributed by atoms with Gasteiger partial charge in [0, 0.05) is 22.5 Å². The van der Waals surface area contributed by atoms with Crippen LogP contribution in [0.25, 0.3) is 0 Å². The highest BCUT2D eigenvalue weighted by molar-refractivity contribution is 6.30. The number of benzene rings is 2. The van der Waals surface area contributed by atoms with Crippen LogP contribution in [0.5, 0.6) is 11.5 Å². The average molecular weight is 425 g/mol. The van der Waals surface area contributed by atoms with E-state index in [4.69, 9.17) is 25.8 Å². The zero-order valence-electron chi connectivity index (χ0n) is 15.7. The number of carbonyl (C=O) groups excluding carboxylic acids is 2. The van der Waals surface area contributed by atoms with Crippen LogP contribution in [0.15, 0.2) is 54.6 Å². The van der Waals surface area contributed by atoms with Crippen LogP contribution in [0.2, 0.25) is 5.02 Å². The number of amides is 2. The lowest BCUT2D eigenvalue weighted by atomic mass is 9.77. The minimum atomic E-state index is -0.797. The Balaban J connectivity index is 1.30. The van der Waals surface area contributed by atoms with Gasteiger partial charge in [0.05, 0.1) is 24.5 Å². The number of nitrogens with one attached hydrogen (secondary N) is 1. The van der Waals surface area contributed by atoms with Crippen LogP contribution in [0.3, 0.4) is 0 Å². The molecule has 1 spiro atoms. The maximum atomic E-state index is 13.4. The number of hydrogen-bond acceptors (Lipinski definition) is 5. The van der Waals surface area contributed by atoms with Crippen molar-refractivity contribution in [1.82, 2.24) is 0 Å². The van der Waals surface area contributed by atoms with E-state index in [0.717, 1.165) is 0 Å². The molecular weight excluding hydrogens is 408 g/mol. The van der Waals surface area contributed by atoms with Crippen molar-refractivity contribution >= 4 is 34.8 Å². The Bertz CT molecular complexity index is 1120. The minimum Gasteiger partial charge on any atom is -0.454 e. The number of rotatable bonds is 3. The molecule has 30 heavy (non-hydrogen) atoms. The van der Waals surface area contributed by atoms with E-state index < -0.39 is 23.5 Å². The fraction of sp³-hybridized carbons (Fsp3) is 0.273. The smallest absolute Gasteiger partial charge is 0.234 e. The monoisotopic (exact) mass is 424 g/mol. The van der Waals surface area contributed by atoms with Crippen molar-refractivity contribution in [2.45, 2.75) is 11.7 Å². The summed E-state index contributed by atoms with van der Waals surface area (Å²) in [5.41, 5.74) is 0.489. The predicted molar refractivity (Wildman–Crippen MR) is 109 cm³/mol. The van der Waals surface area contributed by atoms with Crippen LogP contribution in [0, 0.1) is 11.8 Å². The molecule has 2 aromatic carbocycles. The number of hydrogen-bond donors (Lipinski definition) is 1. The second-order valence-electron chi connectivity index (χ2n) is 7.86. The number of carbonyl (C=O) groups is 2. The molecule has 2 fully saturated rings. The molecule has 2 bridgehead atoms. The summed E-state index contributed by atoms with van der Waals surface area (Å²) in [6.07, 6.45) is 3.39. The Kier molecular flexibility index (Phi) is 3.70. The molecule has 4 aliphatic rings. The first-order valence-electron chi connectivity index (χ1n) is 9.69. The maximum absolute atomic E-state index is 13.4. The zero-order valence-corrected chi connectivity index (χ0v) is 16.5. The van der Waals surface area contributed by atoms with Crippen molar-refractivity contribution < 1.29 is 23.8 Å². The summed E-state index contributed by atoms with van der Waals surface area (Å²) in [6, 6.07) is 12.3. The van der Waals surface area contributed by atoms with E-state index in [0.29, 0.717) is 34.4 Å². The van der Waals surface area contributed by atoms with Gasteiger partial charge in [-0.2, -0.15) is 0 Å². The van der Waals surface area contributed by atoms with Crippen molar-refractivity contribution in [3.8, 4) is 11.5 Å². The van der Waals surface area contributed by atoms with Crippen LogP contribution in [0.4, 0.5) is 11.4 Å². The molecule has 1 N–H and O–H groups in total. The molecule has 0 radical (unpaired) electrons. The standard InChI is InChI=1S/C22H17ClN2O5/c23-12-2-1-3-13(8-12)24-20(26)18-16-6-7-22(30-16)10-25(21(27)19(18)22)14-4-5-15-17(9-14)29-11-28-15/h1-9,16,18-19H,10-11H2,(H,24,26)/t16-,18+,19+,22-/m1/s1. The topological polar surface area (TPSA) is 77.1 Å². The van der Waals surface area contributed by atoms with E-state index in [-0.39, 0.29) is 18.6 Å². The highest BCUT2D eigenvalue weighted by Gasteiger charge is 2.67. The summed E-state index contributed by atoms with van der Waals surface area (Å²) in [7, 11) is 0. The predicted octanol–water partition coefficient (Wildman–Crippen LogP) is 2.99. The number of anilines is 2. The molecule has 2 saturated heterocycles. The molecule has 0 unspecified atom stereocenters. The molecule has 8 heteroatoms. The lowest BCUT2D eigenvalue weighted by Crippen LogP contribution is -2.41. The molecule has 4 atom stereocenters. The summed E-state index contributed by atoms with van der Waals surface area (Å²) in [6.45, 7) is 0.517. The van der Waals surface area contributed by atoms with Crippen LogP contribution in [-0.4, -0.2) is 36.9 Å². The zero-order chi connectivity index (χ0) is 20.5. The quantitative estimate of drug-likeness (QED) is 0.766. The van der Waals surface area contributed by atoms with Crippen molar-refractivity contribution in [1.29, 1.82) is 0 Å². The van der Waals surface area contributed by atoms with Gasteiger partial charge in [0.25, 0.3) is 0 Å². The van der Waals surface area contributed by atoms with Crippen molar-refractivity contribution in [3.05, 3.63) is 59.6 Å². The van der Waals surface area contributed by atoms with Gasteiger partial charge in [0.15, 0.2) is 11.5 Å². The first kappa shape index (κ1) is 17.8. The van der Waals surface area contributed by atoms with Gasteiger partial charge >= 0.3 is 0 Å². The fourth-order valence-electron chi connectivity index (χ4n) is 4.86. The third-order valence-corrected chi connectivity index (χ3v) is 6.40. The molecule has 4 heterocycles. The van der Waals surface area contributed by atoms with E-state index in [1.165, 1.54) is 0 Å². The summed E-state index contributed by atoms with van der Waals surface area (Å²) in [5, 5.41) is 3.41. The molecule has 7 nitrogen and oxygen atoms in total. The Morgan fingerprint density at radius 1 is 1.17 bits per heavy atom. The molecule has 6 rings (SSSR count). The van der Waals surface area contributed by atoms with E-state index in [9.17, 15) is 9.59 Å². The van der Waals surface area contributed by atoms with Crippen molar-refractivity contribution in [2.24, 2.45) is 11.8 Å². The SMILES string of the molecule is O=C(Nc1cccc(Cl)c1)[C@@H]1[C@H]2C(=O)N(c3ccc4c(c3)OCO4)C[C@]23C=C[C@H]1O3.